The Bertz CT molecular complexity index is 1000. The van der Waals surface area contributed by atoms with Gasteiger partial charge in [-0.2, -0.15) is 4.31 Å². The van der Waals surface area contributed by atoms with Crippen molar-refractivity contribution in [3.8, 4) is 11.5 Å². The van der Waals surface area contributed by atoms with Crippen LogP contribution in [0.3, 0.4) is 0 Å². The minimum absolute atomic E-state index is 0.139. The number of hydrogen-bond acceptors (Lipinski definition) is 5. The smallest absolute Gasteiger partial charge is 0.253 e. The highest BCUT2D eigenvalue weighted by molar-refractivity contribution is 7.89. The Balaban J connectivity index is 1.72. The fourth-order valence-electron chi connectivity index (χ4n) is 3.55. The molecule has 0 N–H and O–H groups in total. The molecule has 0 saturated carbocycles. The summed E-state index contributed by atoms with van der Waals surface area (Å²) in [4.78, 5) is 14.7. The van der Waals surface area contributed by atoms with E-state index in [0.29, 0.717) is 43.3 Å². The van der Waals surface area contributed by atoms with Gasteiger partial charge in [0.05, 0.1) is 11.4 Å². The van der Waals surface area contributed by atoms with E-state index in [-0.39, 0.29) is 16.9 Å². The lowest BCUT2D eigenvalue weighted by Crippen LogP contribution is -2.41. The summed E-state index contributed by atoms with van der Waals surface area (Å²) in [6, 6.07) is 13.7. The van der Waals surface area contributed by atoms with Crippen LogP contribution >= 0.6 is 0 Å². The number of para-hydroxylation sites is 2. The van der Waals surface area contributed by atoms with Crippen molar-refractivity contribution in [2.24, 2.45) is 0 Å². The Hall–Kier alpha value is -2.58. The van der Waals surface area contributed by atoms with Gasteiger partial charge >= 0.3 is 0 Å². The van der Waals surface area contributed by atoms with Crippen molar-refractivity contribution in [2.45, 2.75) is 37.7 Å². The highest BCUT2D eigenvalue weighted by Crippen LogP contribution is 2.31. The third-order valence-corrected chi connectivity index (χ3v) is 6.95. The van der Waals surface area contributed by atoms with E-state index in [1.165, 1.54) is 15.3 Å². The maximum Gasteiger partial charge on any atom is 0.253 e. The summed E-state index contributed by atoms with van der Waals surface area (Å²) < 4.78 is 39.2. The zero-order chi connectivity index (χ0) is 22.4. The molecule has 1 atom stereocenters. The monoisotopic (exact) mass is 446 g/mol. The Morgan fingerprint density at radius 2 is 1.71 bits per heavy atom. The standard InChI is InChI=1S/C23H30N2O5S/c1-4-13-25(14-5-2)31(27,28)20-10-8-9-18(15-20)23(26)24(3)16-19-17-29-21-11-6-7-12-22(21)30-19/h6-12,15,19H,4-5,13-14,16-17H2,1-3H3. The van der Waals surface area contributed by atoms with Gasteiger partial charge in [0.1, 0.15) is 6.61 Å². The molecule has 0 aliphatic carbocycles. The number of hydrogen-bond donors (Lipinski definition) is 0. The van der Waals surface area contributed by atoms with Gasteiger partial charge in [-0.15, -0.1) is 0 Å². The molecular formula is C23H30N2O5S. The van der Waals surface area contributed by atoms with E-state index in [4.69, 9.17) is 9.47 Å². The van der Waals surface area contributed by atoms with Crippen molar-refractivity contribution in [3.63, 3.8) is 0 Å². The molecule has 0 bridgehead atoms. The molecular weight excluding hydrogens is 416 g/mol. The highest BCUT2D eigenvalue weighted by Gasteiger charge is 2.26. The SMILES string of the molecule is CCCN(CCC)S(=O)(=O)c1cccc(C(=O)N(C)CC2COc3ccccc3O2)c1. The first kappa shape index (κ1) is 23.1. The Morgan fingerprint density at radius 3 is 2.39 bits per heavy atom. The van der Waals surface area contributed by atoms with Gasteiger partial charge in [0, 0.05) is 25.7 Å². The van der Waals surface area contributed by atoms with Crippen molar-refractivity contribution in [3.05, 3.63) is 54.1 Å². The van der Waals surface area contributed by atoms with Gasteiger partial charge in [-0.1, -0.05) is 32.0 Å². The maximum atomic E-state index is 13.1. The van der Waals surface area contributed by atoms with Crippen LogP contribution in [0.15, 0.2) is 53.4 Å². The number of benzene rings is 2. The zero-order valence-corrected chi connectivity index (χ0v) is 19.1. The van der Waals surface area contributed by atoms with Gasteiger partial charge in [-0.3, -0.25) is 4.79 Å². The van der Waals surface area contributed by atoms with Crippen LogP contribution in [0.25, 0.3) is 0 Å². The van der Waals surface area contributed by atoms with Crippen LogP contribution in [0.2, 0.25) is 0 Å². The highest BCUT2D eigenvalue weighted by atomic mass is 32.2. The van der Waals surface area contributed by atoms with E-state index >= 15 is 0 Å². The van der Waals surface area contributed by atoms with Gasteiger partial charge in [0.2, 0.25) is 10.0 Å². The zero-order valence-electron chi connectivity index (χ0n) is 18.3. The molecule has 31 heavy (non-hydrogen) atoms. The van der Waals surface area contributed by atoms with E-state index in [1.807, 2.05) is 38.1 Å². The summed E-state index contributed by atoms with van der Waals surface area (Å²) in [6.45, 7) is 5.46. The van der Waals surface area contributed by atoms with Crippen LogP contribution in [0.1, 0.15) is 37.0 Å². The molecule has 1 aliphatic heterocycles. The lowest BCUT2D eigenvalue weighted by atomic mass is 10.2. The molecule has 3 rings (SSSR count). The summed E-state index contributed by atoms with van der Waals surface area (Å²) in [6.07, 6.45) is 1.15. The molecule has 0 spiro atoms. The van der Waals surface area contributed by atoms with Crippen molar-refractivity contribution in [1.82, 2.24) is 9.21 Å². The van der Waals surface area contributed by atoms with Gasteiger partial charge in [0.25, 0.3) is 5.91 Å². The summed E-state index contributed by atoms with van der Waals surface area (Å²) in [5.74, 6) is 1.08. The molecule has 0 aromatic heterocycles. The van der Waals surface area contributed by atoms with Crippen LogP contribution in [-0.2, 0) is 10.0 Å². The lowest BCUT2D eigenvalue weighted by Gasteiger charge is -2.29. The van der Waals surface area contributed by atoms with Crippen molar-refractivity contribution >= 4 is 15.9 Å². The lowest BCUT2D eigenvalue weighted by molar-refractivity contribution is 0.0521. The number of fused-ring (bicyclic) bond motifs is 1. The molecule has 1 unspecified atom stereocenters. The van der Waals surface area contributed by atoms with E-state index in [9.17, 15) is 13.2 Å². The minimum atomic E-state index is -3.65. The summed E-state index contributed by atoms with van der Waals surface area (Å²) >= 11 is 0. The predicted molar refractivity (Wildman–Crippen MR) is 119 cm³/mol. The van der Waals surface area contributed by atoms with E-state index in [0.717, 1.165) is 12.8 Å². The molecule has 2 aromatic carbocycles. The minimum Gasteiger partial charge on any atom is -0.486 e. The van der Waals surface area contributed by atoms with Gasteiger partial charge in [-0.05, 0) is 43.2 Å². The number of carbonyl (C=O) groups is 1. The van der Waals surface area contributed by atoms with Crippen LogP contribution in [0, 0.1) is 0 Å². The average molecular weight is 447 g/mol. The number of sulfonamides is 1. The number of rotatable bonds is 9. The maximum absolute atomic E-state index is 13.1. The second-order valence-corrected chi connectivity index (χ2v) is 9.55. The van der Waals surface area contributed by atoms with E-state index in [1.54, 1.807) is 25.2 Å². The molecule has 0 fully saturated rings. The van der Waals surface area contributed by atoms with E-state index in [2.05, 4.69) is 0 Å². The number of carbonyl (C=O) groups excluding carboxylic acids is 1. The largest absolute Gasteiger partial charge is 0.486 e. The Morgan fingerprint density at radius 1 is 1.03 bits per heavy atom. The first-order chi connectivity index (χ1) is 14.9. The number of ether oxygens (including phenoxy) is 2. The van der Waals surface area contributed by atoms with Crippen molar-refractivity contribution in [2.75, 3.05) is 33.3 Å². The molecule has 1 aliphatic rings. The topological polar surface area (TPSA) is 76.2 Å². The van der Waals surface area contributed by atoms with Crippen molar-refractivity contribution in [1.29, 1.82) is 0 Å². The first-order valence-electron chi connectivity index (χ1n) is 10.6. The quantitative estimate of drug-likeness (QED) is 0.590. The molecule has 7 nitrogen and oxygen atoms in total. The van der Waals surface area contributed by atoms with Gasteiger partial charge in [-0.25, -0.2) is 8.42 Å². The summed E-state index contributed by atoms with van der Waals surface area (Å²) in [7, 11) is -1.98. The second-order valence-electron chi connectivity index (χ2n) is 7.62. The second kappa shape index (κ2) is 10.2. The molecule has 168 valence electrons. The Labute approximate surface area is 184 Å². The van der Waals surface area contributed by atoms with Crippen molar-refractivity contribution < 1.29 is 22.7 Å². The predicted octanol–water partition coefficient (Wildman–Crippen LogP) is 3.41. The molecule has 1 heterocycles. The van der Waals surface area contributed by atoms with Crippen LogP contribution in [0.4, 0.5) is 0 Å². The van der Waals surface area contributed by atoms with Gasteiger partial charge in [0.15, 0.2) is 17.6 Å². The third-order valence-electron chi connectivity index (χ3n) is 5.06. The van der Waals surface area contributed by atoms with Crippen LogP contribution in [-0.4, -0.2) is 62.9 Å². The normalized spacial score (nSPS) is 15.7. The first-order valence-corrected chi connectivity index (χ1v) is 12.0. The fourth-order valence-corrected chi connectivity index (χ4v) is 5.22. The van der Waals surface area contributed by atoms with Gasteiger partial charge < -0.3 is 14.4 Å². The summed E-state index contributed by atoms with van der Waals surface area (Å²) in [5.41, 5.74) is 0.327. The number of likely N-dealkylation sites (N-methyl/N-ethyl adjacent to an activating group) is 1. The molecule has 0 radical (unpaired) electrons. The van der Waals surface area contributed by atoms with Crippen LogP contribution < -0.4 is 9.47 Å². The molecule has 0 saturated heterocycles. The molecule has 8 heteroatoms. The fraction of sp³-hybridized carbons (Fsp3) is 0.435. The summed E-state index contributed by atoms with van der Waals surface area (Å²) in [5, 5.41) is 0. The van der Waals surface area contributed by atoms with Crippen LogP contribution in [0.5, 0.6) is 11.5 Å². The molecule has 1 amide bonds. The third kappa shape index (κ3) is 5.37. The van der Waals surface area contributed by atoms with E-state index < -0.39 is 10.0 Å². The number of nitrogens with zero attached hydrogens (tertiary/aromatic N) is 2. The Kier molecular flexibility index (Phi) is 7.56. The number of amides is 1. The average Bonchev–Trinajstić information content (AvgIpc) is 2.78. The molecule has 2 aromatic rings.